The molecule has 182 valence electrons. The van der Waals surface area contributed by atoms with Crippen LogP contribution in [-0.2, 0) is 30.2 Å². The lowest BCUT2D eigenvalue weighted by molar-refractivity contribution is -0.138. The van der Waals surface area contributed by atoms with Gasteiger partial charge in [0.25, 0.3) is 5.91 Å². The fourth-order valence-corrected chi connectivity index (χ4v) is 3.45. The molecule has 0 unspecified atom stereocenters. The van der Waals surface area contributed by atoms with Gasteiger partial charge in [-0.05, 0) is 48.0 Å². The van der Waals surface area contributed by atoms with E-state index in [1.54, 1.807) is 29.0 Å². The van der Waals surface area contributed by atoms with Crippen molar-refractivity contribution in [1.82, 2.24) is 9.47 Å². The number of ether oxygens (including phenoxy) is 1. The highest BCUT2D eigenvalue weighted by Crippen LogP contribution is 2.31. The maximum Gasteiger partial charge on any atom is 0.416 e. The molecule has 0 atom stereocenters. The summed E-state index contributed by atoms with van der Waals surface area (Å²) >= 11 is 0. The van der Waals surface area contributed by atoms with Crippen molar-refractivity contribution in [3.63, 3.8) is 0 Å². The molecule has 0 radical (unpaired) electrons. The highest BCUT2D eigenvalue weighted by Gasteiger charge is 2.32. The van der Waals surface area contributed by atoms with Gasteiger partial charge in [0.2, 0.25) is 0 Å². The highest BCUT2D eigenvalue weighted by molar-refractivity contribution is 5.94. The van der Waals surface area contributed by atoms with Crippen molar-refractivity contribution < 1.29 is 35.9 Å². The van der Waals surface area contributed by atoms with Crippen LogP contribution in [0.2, 0.25) is 0 Å². The quantitative estimate of drug-likeness (QED) is 0.375. The Labute approximate surface area is 192 Å². The molecule has 10 heteroatoms. The Hall–Kier alpha value is -3.27. The van der Waals surface area contributed by atoms with E-state index >= 15 is 0 Å². The van der Waals surface area contributed by atoms with Crippen molar-refractivity contribution in [2.75, 3.05) is 20.3 Å². The van der Waals surface area contributed by atoms with Crippen LogP contribution in [0.5, 0.6) is 0 Å². The summed E-state index contributed by atoms with van der Waals surface area (Å²) in [4.78, 5) is 14.4. The third kappa shape index (κ3) is 6.40. The molecule has 0 saturated carbocycles. The number of carbonyl (C=O) groups excluding carboxylic acids is 1. The SMILES string of the molecule is COCCN(Cc1cccn1Cc1cccc(C(F)(F)F)c1)C(=O)c1cccc(C(F)(F)F)c1. The van der Waals surface area contributed by atoms with E-state index in [4.69, 9.17) is 4.74 Å². The van der Waals surface area contributed by atoms with Gasteiger partial charge in [0.05, 0.1) is 24.3 Å². The van der Waals surface area contributed by atoms with Gasteiger partial charge in [-0.2, -0.15) is 26.3 Å². The number of aromatic nitrogens is 1. The molecular weight excluding hydrogens is 462 g/mol. The third-order valence-electron chi connectivity index (χ3n) is 5.17. The molecule has 2 aromatic carbocycles. The first-order valence-electron chi connectivity index (χ1n) is 10.2. The van der Waals surface area contributed by atoms with E-state index in [1.165, 1.54) is 30.2 Å². The number of halogens is 6. The lowest BCUT2D eigenvalue weighted by atomic mass is 10.1. The van der Waals surface area contributed by atoms with Gasteiger partial charge in [0, 0.05) is 37.7 Å². The summed E-state index contributed by atoms with van der Waals surface area (Å²) in [5, 5.41) is 0. The van der Waals surface area contributed by atoms with Crippen molar-refractivity contribution in [2.45, 2.75) is 25.4 Å². The molecule has 0 bridgehead atoms. The molecule has 4 nitrogen and oxygen atoms in total. The van der Waals surface area contributed by atoms with Crippen LogP contribution in [0.3, 0.4) is 0 Å². The second kappa shape index (κ2) is 10.3. The minimum atomic E-state index is -4.59. The molecule has 3 rings (SSSR count). The average Bonchev–Trinajstić information content (AvgIpc) is 3.21. The number of rotatable bonds is 8. The Morgan fingerprint density at radius 3 is 2.21 bits per heavy atom. The number of benzene rings is 2. The summed E-state index contributed by atoms with van der Waals surface area (Å²) in [5.41, 5.74) is -0.797. The summed E-state index contributed by atoms with van der Waals surface area (Å²) in [6, 6.07) is 12.5. The number of nitrogens with zero attached hydrogens (tertiary/aromatic N) is 2. The van der Waals surface area contributed by atoms with Crippen LogP contribution in [0.4, 0.5) is 26.3 Å². The maximum atomic E-state index is 13.1. The summed E-state index contributed by atoms with van der Waals surface area (Å²) in [7, 11) is 1.43. The Morgan fingerprint density at radius 2 is 1.56 bits per heavy atom. The van der Waals surface area contributed by atoms with Gasteiger partial charge in [0.15, 0.2) is 0 Å². The van der Waals surface area contributed by atoms with Gasteiger partial charge in [-0.25, -0.2) is 0 Å². The summed E-state index contributed by atoms with van der Waals surface area (Å²) in [6.07, 6.45) is -7.39. The second-order valence-corrected chi connectivity index (χ2v) is 7.62. The Balaban J connectivity index is 1.84. The van der Waals surface area contributed by atoms with Crippen molar-refractivity contribution >= 4 is 5.91 Å². The van der Waals surface area contributed by atoms with Crippen molar-refractivity contribution in [3.8, 4) is 0 Å². The van der Waals surface area contributed by atoms with Gasteiger partial charge in [-0.15, -0.1) is 0 Å². The summed E-state index contributed by atoms with van der Waals surface area (Å²) in [5.74, 6) is -0.616. The molecule has 0 saturated heterocycles. The van der Waals surface area contributed by atoms with Crippen molar-refractivity contribution in [3.05, 3.63) is 94.8 Å². The molecule has 34 heavy (non-hydrogen) atoms. The van der Waals surface area contributed by atoms with Crippen LogP contribution in [0.25, 0.3) is 0 Å². The topological polar surface area (TPSA) is 34.5 Å². The summed E-state index contributed by atoms with van der Waals surface area (Å²) < 4.78 is 85.1. The number of carbonyl (C=O) groups is 1. The Morgan fingerprint density at radius 1 is 0.912 bits per heavy atom. The first-order chi connectivity index (χ1) is 16.0. The van der Waals surface area contributed by atoms with Gasteiger partial charge < -0.3 is 14.2 Å². The molecule has 1 heterocycles. The van der Waals surface area contributed by atoms with E-state index in [0.29, 0.717) is 11.3 Å². The normalized spacial score (nSPS) is 12.1. The molecule has 0 N–H and O–H groups in total. The number of hydrogen-bond donors (Lipinski definition) is 0. The van der Waals surface area contributed by atoms with Gasteiger partial charge >= 0.3 is 12.4 Å². The van der Waals surface area contributed by atoms with Crippen LogP contribution >= 0.6 is 0 Å². The fraction of sp³-hybridized carbons (Fsp3) is 0.292. The zero-order valence-electron chi connectivity index (χ0n) is 18.2. The standard InChI is InChI=1S/C24H22F6N2O2/c1-34-12-11-32(22(33)18-6-3-8-20(14-18)24(28,29)30)16-21-9-4-10-31(21)15-17-5-2-7-19(13-17)23(25,26)27/h2-10,13-14H,11-12,15-16H2,1H3. The van der Waals surface area contributed by atoms with E-state index in [2.05, 4.69) is 0 Å². The van der Waals surface area contributed by atoms with Gasteiger partial charge in [-0.1, -0.05) is 18.2 Å². The smallest absolute Gasteiger partial charge is 0.383 e. The predicted molar refractivity (Wildman–Crippen MR) is 113 cm³/mol. The molecule has 3 aromatic rings. The van der Waals surface area contributed by atoms with Crippen LogP contribution in [-0.4, -0.2) is 35.6 Å². The fourth-order valence-electron chi connectivity index (χ4n) is 3.45. The molecule has 0 spiro atoms. The van der Waals surface area contributed by atoms with Gasteiger partial charge in [0.1, 0.15) is 0 Å². The average molecular weight is 484 g/mol. The minimum absolute atomic E-state index is 0.0321. The third-order valence-corrected chi connectivity index (χ3v) is 5.17. The molecular formula is C24H22F6N2O2. The minimum Gasteiger partial charge on any atom is -0.383 e. The number of hydrogen-bond acceptors (Lipinski definition) is 2. The molecule has 0 aliphatic carbocycles. The van der Waals surface area contributed by atoms with E-state index in [0.717, 1.165) is 24.3 Å². The Bertz CT molecular complexity index is 1120. The Kier molecular flexibility index (Phi) is 7.71. The van der Waals surface area contributed by atoms with E-state index in [9.17, 15) is 31.1 Å². The second-order valence-electron chi connectivity index (χ2n) is 7.62. The van der Waals surface area contributed by atoms with Crippen molar-refractivity contribution in [1.29, 1.82) is 0 Å². The van der Waals surface area contributed by atoms with Gasteiger partial charge in [-0.3, -0.25) is 4.79 Å². The molecule has 1 amide bonds. The summed E-state index contributed by atoms with van der Waals surface area (Å²) in [6.45, 7) is 0.422. The van der Waals surface area contributed by atoms with Crippen molar-refractivity contribution in [2.24, 2.45) is 0 Å². The van der Waals surface area contributed by atoms with E-state index in [-0.39, 0.29) is 31.8 Å². The first-order valence-corrected chi connectivity index (χ1v) is 10.2. The molecule has 0 aliphatic rings. The number of methoxy groups -OCH3 is 1. The number of alkyl halides is 6. The number of amides is 1. The molecule has 0 fully saturated rings. The first kappa shape index (κ1) is 25.4. The highest BCUT2D eigenvalue weighted by atomic mass is 19.4. The molecule has 0 aliphatic heterocycles. The predicted octanol–water partition coefficient (Wildman–Crippen LogP) is 5.86. The lowest BCUT2D eigenvalue weighted by Crippen LogP contribution is -2.34. The largest absolute Gasteiger partial charge is 0.416 e. The zero-order chi connectivity index (χ0) is 24.9. The zero-order valence-corrected chi connectivity index (χ0v) is 18.2. The van der Waals surface area contributed by atoms with Crippen LogP contribution in [0, 0.1) is 0 Å². The lowest BCUT2D eigenvalue weighted by Gasteiger charge is -2.24. The van der Waals surface area contributed by atoms with E-state index in [1.807, 2.05) is 0 Å². The van der Waals surface area contributed by atoms with E-state index < -0.39 is 29.4 Å². The van der Waals surface area contributed by atoms with Crippen LogP contribution in [0.15, 0.2) is 66.9 Å². The maximum absolute atomic E-state index is 13.1. The van der Waals surface area contributed by atoms with Crippen LogP contribution in [0.1, 0.15) is 32.7 Å². The molecule has 1 aromatic heterocycles. The van der Waals surface area contributed by atoms with Crippen LogP contribution < -0.4 is 0 Å². The monoisotopic (exact) mass is 484 g/mol.